The molecule has 0 atom stereocenters. The summed E-state index contributed by atoms with van der Waals surface area (Å²) < 4.78 is 47.4. The molecule has 1 saturated carbocycles. The first kappa shape index (κ1) is 32.9. The zero-order valence-electron chi connectivity index (χ0n) is 26.0. The summed E-state index contributed by atoms with van der Waals surface area (Å²) >= 11 is 0. The van der Waals surface area contributed by atoms with Crippen LogP contribution in [0.5, 0.6) is 5.75 Å². The molecule has 2 aromatic rings. The molecule has 234 valence electrons. The molecule has 0 amide bonds. The van der Waals surface area contributed by atoms with Crippen LogP contribution in [0, 0.1) is 23.5 Å². The van der Waals surface area contributed by atoms with Crippen LogP contribution in [0.3, 0.4) is 0 Å². The van der Waals surface area contributed by atoms with Crippen LogP contribution in [0.25, 0.3) is 11.1 Å². The molecule has 0 bridgehead atoms. The summed E-state index contributed by atoms with van der Waals surface area (Å²) in [6, 6.07) is 10.5. The number of ether oxygens (including phenoxy) is 3. The predicted molar refractivity (Wildman–Crippen MR) is 168 cm³/mol. The minimum atomic E-state index is -0.918. The molecule has 42 heavy (non-hydrogen) atoms. The van der Waals surface area contributed by atoms with Crippen LogP contribution in [0.1, 0.15) is 134 Å². The molecule has 2 aromatic carbocycles. The van der Waals surface area contributed by atoms with Gasteiger partial charge in [0.25, 0.3) is 0 Å². The van der Waals surface area contributed by atoms with Crippen LogP contribution in [-0.4, -0.2) is 19.8 Å². The highest BCUT2D eigenvalue weighted by Crippen LogP contribution is 2.33. The van der Waals surface area contributed by atoms with Gasteiger partial charge in [0, 0.05) is 17.0 Å². The van der Waals surface area contributed by atoms with E-state index in [1.807, 2.05) is 12.1 Å². The minimum absolute atomic E-state index is 0.0100. The summed E-state index contributed by atoms with van der Waals surface area (Å²) in [7, 11) is 0. The molecule has 1 heterocycles. The van der Waals surface area contributed by atoms with E-state index in [4.69, 9.17) is 14.2 Å². The Kier molecular flexibility index (Phi) is 14.6. The lowest BCUT2D eigenvalue weighted by molar-refractivity contribution is -0.206. The average molecular weight is 585 g/mol. The van der Waals surface area contributed by atoms with Crippen molar-refractivity contribution in [1.29, 1.82) is 0 Å². The Morgan fingerprint density at radius 3 is 1.93 bits per heavy atom. The first-order valence-electron chi connectivity index (χ1n) is 17.1. The fraction of sp³-hybridized carbons (Fsp3) is 0.676. The molecule has 2 fully saturated rings. The fourth-order valence-electron chi connectivity index (χ4n) is 6.52. The molecule has 0 aromatic heterocycles. The van der Waals surface area contributed by atoms with Crippen LogP contribution in [0.4, 0.5) is 8.78 Å². The van der Waals surface area contributed by atoms with E-state index in [1.54, 1.807) is 24.3 Å². The minimum Gasteiger partial charge on any atom is -0.490 e. The topological polar surface area (TPSA) is 27.7 Å². The molecule has 1 aliphatic carbocycles. The third-order valence-corrected chi connectivity index (χ3v) is 9.21. The van der Waals surface area contributed by atoms with E-state index in [2.05, 4.69) is 6.92 Å². The van der Waals surface area contributed by atoms with E-state index in [0.29, 0.717) is 31.3 Å². The Bertz CT molecular complexity index is 1010. The smallest absolute Gasteiger partial charge is 0.201 e. The van der Waals surface area contributed by atoms with Crippen molar-refractivity contribution in [3.05, 3.63) is 53.6 Å². The third kappa shape index (κ3) is 10.6. The fourth-order valence-corrected chi connectivity index (χ4v) is 6.52. The normalized spacial score (nSPS) is 19.4. The van der Waals surface area contributed by atoms with Crippen LogP contribution in [0.15, 0.2) is 36.4 Å². The zero-order valence-corrected chi connectivity index (χ0v) is 26.0. The van der Waals surface area contributed by atoms with Gasteiger partial charge in [-0.05, 0) is 36.5 Å². The van der Waals surface area contributed by atoms with Crippen molar-refractivity contribution >= 4 is 0 Å². The monoisotopic (exact) mass is 584 g/mol. The van der Waals surface area contributed by atoms with E-state index >= 15 is 0 Å². The van der Waals surface area contributed by atoms with Crippen LogP contribution >= 0.6 is 0 Å². The van der Waals surface area contributed by atoms with Crippen LogP contribution in [0.2, 0.25) is 0 Å². The Labute approximate surface area is 253 Å². The summed E-state index contributed by atoms with van der Waals surface area (Å²) in [4.78, 5) is 0. The molecule has 3 nitrogen and oxygen atoms in total. The number of benzene rings is 2. The molecular weight excluding hydrogens is 530 g/mol. The molecule has 4 rings (SSSR count). The van der Waals surface area contributed by atoms with Crippen molar-refractivity contribution in [2.75, 3.05) is 19.8 Å². The van der Waals surface area contributed by atoms with Gasteiger partial charge in [0.05, 0.1) is 19.8 Å². The Morgan fingerprint density at radius 1 is 0.667 bits per heavy atom. The first-order valence-corrected chi connectivity index (χ1v) is 17.1. The summed E-state index contributed by atoms with van der Waals surface area (Å²) in [5.41, 5.74) is 1.74. The van der Waals surface area contributed by atoms with E-state index in [1.165, 1.54) is 96.3 Å². The lowest BCUT2D eigenvalue weighted by Gasteiger charge is -2.29. The van der Waals surface area contributed by atoms with E-state index in [-0.39, 0.29) is 11.3 Å². The van der Waals surface area contributed by atoms with Gasteiger partial charge in [-0.1, -0.05) is 134 Å². The second-order valence-electron chi connectivity index (χ2n) is 12.7. The summed E-state index contributed by atoms with van der Waals surface area (Å²) in [5.74, 6) is -0.390. The molecule has 1 saturated heterocycles. The van der Waals surface area contributed by atoms with Gasteiger partial charge in [0.15, 0.2) is 17.9 Å². The molecule has 0 unspecified atom stereocenters. The van der Waals surface area contributed by atoms with Gasteiger partial charge in [-0.3, -0.25) is 0 Å². The lowest BCUT2D eigenvalue weighted by Crippen LogP contribution is -2.27. The standard InChI is InChI=1S/C37H54F2O3/c1-2-3-4-5-6-8-12-19-30-27-41-37(42-28-30)32-22-20-31(21-23-32)33-24-25-34(36(39)35(33)38)40-26-15-10-7-9-11-16-29-17-13-14-18-29/h20-25,29-30,37H,2-19,26-28H2,1H3/t30-,37-. The molecule has 0 radical (unpaired) electrons. The average Bonchev–Trinajstić information content (AvgIpc) is 3.54. The molecule has 0 N–H and O–H groups in total. The van der Waals surface area contributed by atoms with Gasteiger partial charge in [-0.15, -0.1) is 0 Å². The van der Waals surface area contributed by atoms with Gasteiger partial charge < -0.3 is 14.2 Å². The highest BCUT2D eigenvalue weighted by atomic mass is 19.2. The molecular formula is C37H54F2O3. The van der Waals surface area contributed by atoms with Crippen molar-refractivity contribution in [3.63, 3.8) is 0 Å². The third-order valence-electron chi connectivity index (χ3n) is 9.21. The quantitative estimate of drug-likeness (QED) is 0.154. The van der Waals surface area contributed by atoms with Gasteiger partial charge in [-0.2, -0.15) is 4.39 Å². The summed E-state index contributed by atoms with van der Waals surface area (Å²) in [6.45, 7) is 4.06. The Hall–Kier alpha value is -1.98. The summed E-state index contributed by atoms with van der Waals surface area (Å²) in [6.07, 6.45) is 22.6. The highest BCUT2D eigenvalue weighted by Gasteiger charge is 2.24. The number of hydrogen-bond donors (Lipinski definition) is 0. The highest BCUT2D eigenvalue weighted by molar-refractivity contribution is 5.65. The maximum absolute atomic E-state index is 15.0. The number of hydrogen-bond acceptors (Lipinski definition) is 3. The molecule has 2 aliphatic rings. The van der Waals surface area contributed by atoms with Gasteiger partial charge in [0.2, 0.25) is 5.82 Å². The van der Waals surface area contributed by atoms with Crippen molar-refractivity contribution in [3.8, 4) is 16.9 Å². The molecule has 0 spiro atoms. The van der Waals surface area contributed by atoms with Crippen molar-refractivity contribution < 1.29 is 23.0 Å². The van der Waals surface area contributed by atoms with Crippen LogP contribution in [-0.2, 0) is 9.47 Å². The van der Waals surface area contributed by atoms with Gasteiger partial charge in [-0.25, -0.2) is 4.39 Å². The Morgan fingerprint density at radius 2 is 1.26 bits per heavy atom. The molecule has 5 heteroatoms. The summed E-state index contributed by atoms with van der Waals surface area (Å²) in [5, 5.41) is 0. The predicted octanol–water partition coefficient (Wildman–Crippen LogP) is 11.3. The zero-order chi connectivity index (χ0) is 29.4. The van der Waals surface area contributed by atoms with Crippen molar-refractivity contribution in [2.45, 2.75) is 129 Å². The van der Waals surface area contributed by atoms with E-state index < -0.39 is 17.9 Å². The van der Waals surface area contributed by atoms with Gasteiger partial charge in [0.1, 0.15) is 0 Å². The van der Waals surface area contributed by atoms with Gasteiger partial charge >= 0.3 is 0 Å². The lowest BCUT2D eigenvalue weighted by atomic mass is 9.99. The van der Waals surface area contributed by atoms with Crippen molar-refractivity contribution in [2.24, 2.45) is 11.8 Å². The van der Waals surface area contributed by atoms with E-state index in [9.17, 15) is 8.78 Å². The Balaban J connectivity index is 1.14. The largest absolute Gasteiger partial charge is 0.490 e. The molecule has 1 aliphatic heterocycles. The number of unbranched alkanes of at least 4 members (excludes halogenated alkanes) is 10. The second-order valence-corrected chi connectivity index (χ2v) is 12.7. The van der Waals surface area contributed by atoms with E-state index in [0.717, 1.165) is 30.7 Å². The maximum atomic E-state index is 15.0. The SMILES string of the molecule is CCCCCCCCC[C@H]1CO[C@H](c2ccc(-c3ccc(OCCCCCCCC4CCCC4)c(F)c3F)cc2)OC1. The maximum Gasteiger partial charge on any atom is 0.201 e. The van der Waals surface area contributed by atoms with Crippen LogP contribution < -0.4 is 4.74 Å². The number of halogens is 2. The van der Waals surface area contributed by atoms with Crippen molar-refractivity contribution in [1.82, 2.24) is 0 Å². The number of rotatable bonds is 19. The second kappa shape index (κ2) is 18.6. The first-order chi connectivity index (χ1) is 20.7.